The van der Waals surface area contributed by atoms with Gasteiger partial charge in [0.15, 0.2) is 0 Å². The van der Waals surface area contributed by atoms with Crippen LogP contribution in [0, 0.1) is 0 Å². The van der Waals surface area contributed by atoms with Crippen LogP contribution in [0.2, 0.25) is 0 Å². The zero-order valence-corrected chi connectivity index (χ0v) is 10.7. The summed E-state index contributed by atoms with van der Waals surface area (Å²) in [4.78, 5) is 25.6. The van der Waals surface area contributed by atoms with Gasteiger partial charge in [-0.2, -0.15) is 20.1 Å². The minimum absolute atomic E-state index is 0.119. The second kappa shape index (κ2) is 4.76. The summed E-state index contributed by atoms with van der Waals surface area (Å²) in [7, 11) is 0. The molecule has 1 saturated heterocycles. The van der Waals surface area contributed by atoms with Gasteiger partial charge in [0.2, 0.25) is 11.9 Å². The molecule has 0 atom stereocenters. The van der Waals surface area contributed by atoms with Gasteiger partial charge in [0.05, 0.1) is 0 Å². The predicted octanol–water partition coefficient (Wildman–Crippen LogP) is -0.661. The van der Waals surface area contributed by atoms with E-state index in [9.17, 15) is 4.79 Å². The first-order valence-corrected chi connectivity index (χ1v) is 6.26. The fourth-order valence-corrected chi connectivity index (χ4v) is 2.10. The van der Waals surface area contributed by atoms with E-state index >= 15 is 0 Å². The number of carbonyl (C=O) groups excluding carboxylic acids is 1. The van der Waals surface area contributed by atoms with Crippen molar-refractivity contribution in [2.75, 3.05) is 23.7 Å². The van der Waals surface area contributed by atoms with Crippen molar-refractivity contribution in [3.8, 4) is 5.95 Å². The highest BCUT2D eigenvalue weighted by atomic mass is 16.1. The molecule has 0 unspecified atom stereocenters. The topological polar surface area (TPSA) is 129 Å². The third-order valence-corrected chi connectivity index (χ3v) is 3.06. The summed E-state index contributed by atoms with van der Waals surface area (Å²) in [6, 6.07) is 1.50. The average molecular weight is 274 g/mol. The van der Waals surface area contributed by atoms with Gasteiger partial charge in [-0.25, -0.2) is 4.68 Å². The summed E-state index contributed by atoms with van der Waals surface area (Å²) in [5.41, 5.74) is 11.0. The number of nitrogens with two attached hydrogens (primary N) is 2. The third kappa shape index (κ3) is 2.25. The lowest BCUT2D eigenvalue weighted by Crippen LogP contribution is -2.22. The lowest BCUT2D eigenvalue weighted by molar-refractivity contribution is 0.0995. The second-order valence-electron chi connectivity index (χ2n) is 4.50. The fraction of sp³-hybridized carbons (Fsp3) is 0.364. The van der Waals surface area contributed by atoms with Crippen LogP contribution < -0.4 is 16.4 Å². The number of nitrogens with zero attached hydrogens (tertiary/aromatic N) is 6. The predicted molar refractivity (Wildman–Crippen MR) is 71.3 cm³/mol. The summed E-state index contributed by atoms with van der Waals surface area (Å²) in [6.45, 7) is 1.79. The van der Waals surface area contributed by atoms with Crippen LogP contribution in [-0.2, 0) is 0 Å². The minimum Gasteiger partial charge on any atom is -0.368 e. The van der Waals surface area contributed by atoms with Crippen LogP contribution in [-0.4, -0.2) is 43.7 Å². The standard InChI is InChI=1S/C11H14N8O/c12-8(20)7-3-6-19(17-7)11-15-9(13)14-10(16-11)18-4-1-2-5-18/h3,6H,1-2,4-5H2,(H2,12,20)(H2,13,14,15,16). The van der Waals surface area contributed by atoms with E-state index < -0.39 is 5.91 Å². The summed E-state index contributed by atoms with van der Waals surface area (Å²) in [5, 5.41) is 4.00. The normalized spacial score (nSPS) is 14.7. The minimum atomic E-state index is -0.606. The number of rotatable bonds is 3. The molecule has 0 aromatic carbocycles. The molecule has 104 valence electrons. The lowest BCUT2D eigenvalue weighted by atomic mass is 10.4. The molecule has 9 nitrogen and oxygen atoms in total. The number of anilines is 2. The quantitative estimate of drug-likeness (QED) is 0.759. The van der Waals surface area contributed by atoms with Crippen molar-refractivity contribution in [1.82, 2.24) is 24.7 Å². The van der Waals surface area contributed by atoms with E-state index in [1.54, 1.807) is 6.20 Å². The van der Waals surface area contributed by atoms with Crippen molar-refractivity contribution in [3.63, 3.8) is 0 Å². The number of nitrogen functional groups attached to an aromatic ring is 1. The highest BCUT2D eigenvalue weighted by molar-refractivity contribution is 5.90. The summed E-state index contributed by atoms with van der Waals surface area (Å²) in [6.07, 6.45) is 3.77. The SMILES string of the molecule is NC(=O)c1ccn(-c2nc(N)nc(N3CCCC3)n2)n1. The molecule has 3 rings (SSSR count). The van der Waals surface area contributed by atoms with E-state index in [0.29, 0.717) is 5.95 Å². The molecular formula is C11H14N8O. The molecular weight excluding hydrogens is 260 g/mol. The second-order valence-corrected chi connectivity index (χ2v) is 4.50. The number of hydrogen-bond donors (Lipinski definition) is 2. The Morgan fingerprint density at radius 2 is 1.85 bits per heavy atom. The molecule has 2 aromatic rings. The molecule has 0 spiro atoms. The fourth-order valence-electron chi connectivity index (χ4n) is 2.10. The Balaban J connectivity index is 1.97. The molecule has 1 amide bonds. The van der Waals surface area contributed by atoms with Gasteiger partial charge in [0.25, 0.3) is 11.9 Å². The molecule has 9 heteroatoms. The van der Waals surface area contributed by atoms with Crippen molar-refractivity contribution in [2.24, 2.45) is 5.73 Å². The Labute approximate surface area is 114 Å². The number of carbonyl (C=O) groups is 1. The Morgan fingerprint density at radius 1 is 1.15 bits per heavy atom. The monoisotopic (exact) mass is 274 g/mol. The molecule has 3 heterocycles. The highest BCUT2D eigenvalue weighted by Crippen LogP contribution is 2.17. The number of aromatic nitrogens is 5. The van der Waals surface area contributed by atoms with Gasteiger partial charge >= 0.3 is 0 Å². The van der Waals surface area contributed by atoms with Gasteiger partial charge in [-0.15, -0.1) is 0 Å². The molecule has 1 aliphatic rings. The lowest BCUT2D eigenvalue weighted by Gasteiger charge is -2.15. The smallest absolute Gasteiger partial charge is 0.269 e. The Bertz CT molecular complexity index is 646. The van der Waals surface area contributed by atoms with Crippen LogP contribution in [0.4, 0.5) is 11.9 Å². The van der Waals surface area contributed by atoms with E-state index in [2.05, 4.69) is 20.1 Å². The first-order chi connectivity index (χ1) is 9.63. The van der Waals surface area contributed by atoms with E-state index in [1.807, 2.05) is 4.90 Å². The maximum absolute atomic E-state index is 11.0. The zero-order valence-electron chi connectivity index (χ0n) is 10.7. The average Bonchev–Trinajstić information content (AvgIpc) is 3.10. The van der Waals surface area contributed by atoms with E-state index in [-0.39, 0.29) is 17.6 Å². The van der Waals surface area contributed by atoms with Gasteiger partial charge in [-0.1, -0.05) is 0 Å². The zero-order chi connectivity index (χ0) is 14.1. The van der Waals surface area contributed by atoms with Crippen LogP contribution in [0.25, 0.3) is 5.95 Å². The van der Waals surface area contributed by atoms with Gasteiger partial charge in [-0.3, -0.25) is 4.79 Å². The molecule has 1 aliphatic heterocycles. The molecule has 1 fully saturated rings. The highest BCUT2D eigenvalue weighted by Gasteiger charge is 2.18. The van der Waals surface area contributed by atoms with Crippen molar-refractivity contribution in [2.45, 2.75) is 12.8 Å². The molecule has 4 N–H and O–H groups in total. The van der Waals surface area contributed by atoms with Crippen LogP contribution in [0.1, 0.15) is 23.3 Å². The van der Waals surface area contributed by atoms with Crippen molar-refractivity contribution in [3.05, 3.63) is 18.0 Å². The first-order valence-electron chi connectivity index (χ1n) is 6.26. The van der Waals surface area contributed by atoms with E-state index in [4.69, 9.17) is 11.5 Å². The number of amides is 1. The summed E-state index contributed by atoms with van der Waals surface area (Å²) < 4.78 is 1.36. The number of hydrogen-bond acceptors (Lipinski definition) is 7. The van der Waals surface area contributed by atoms with Gasteiger partial charge in [0.1, 0.15) is 5.69 Å². The first kappa shape index (κ1) is 12.3. The number of primary amides is 1. The maximum atomic E-state index is 11.0. The Hall–Kier alpha value is -2.71. The molecule has 2 aromatic heterocycles. The Morgan fingerprint density at radius 3 is 2.50 bits per heavy atom. The summed E-state index contributed by atoms with van der Waals surface area (Å²) in [5.74, 6) is 0.312. The van der Waals surface area contributed by atoms with Crippen molar-refractivity contribution < 1.29 is 4.79 Å². The van der Waals surface area contributed by atoms with Crippen LogP contribution >= 0.6 is 0 Å². The third-order valence-electron chi connectivity index (χ3n) is 3.06. The van der Waals surface area contributed by atoms with Gasteiger partial charge in [0, 0.05) is 19.3 Å². The molecule has 0 aliphatic carbocycles. The Kier molecular flexibility index (Phi) is 2.93. The van der Waals surface area contributed by atoms with Gasteiger partial charge in [-0.05, 0) is 18.9 Å². The van der Waals surface area contributed by atoms with E-state index in [0.717, 1.165) is 25.9 Å². The molecule has 0 saturated carbocycles. The van der Waals surface area contributed by atoms with E-state index in [1.165, 1.54) is 10.7 Å². The van der Waals surface area contributed by atoms with Crippen molar-refractivity contribution >= 4 is 17.8 Å². The molecule has 20 heavy (non-hydrogen) atoms. The van der Waals surface area contributed by atoms with Crippen molar-refractivity contribution in [1.29, 1.82) is 0 Å². The largest absolute Gasteiger partial charge is 0.368 e. The molecule has 0 radical (unpaired) electrons. The molecule has 0 bridgehead atoms. The van der Waals surface area contributed by atoms with Gasteiger partial charge < -0.3 is 16.4 Å². The van der Waals surface area contributed by atoms with Crippen LogP contribution in [0.3, 0.4) is 0 Å². The summed E-state index contributed by atoms with van der Waals surface area (Å²) >= 11 is 0. The maximum Gasteiger partial charge on any atom is 0.269 e. The van der Waals surface area contributed by atoms with Crippen LogP contribution in [0.15, 0.2) is 12.3 Å². The van der Waals surface area contributed by atoms with Crippen LogP contribution in [0.5, 0.6) is 0 Å².